The van der Waals surface area contributed by atoms with E-state index in [2.05, 4.69) is 5.32 Å². The van der Waals surface area contributed by atoms with Crippen molar-refractivity contribution in [3.05, 3.63) is 29.8 Å². The Kier molecular flexibility index (Phi) is 6.76. The maximum atomic E-state index is 11.9. The first kappa shape index (κ1) is 17.9. The van der Waals surface area contributed by atoms with Gasteiger partial charge in [-0.15, -0.1) is 0 Å². The zero-order chi connectivity index (χ0) is 16.7. The summed E-state index contributed by atoms with van der Waals surface area (Å²) < 4.78 is 5.09. The molecule has 1 aromatic rings. The van der Waals surface area contributed by atoms with Gasteiger partial charge < -0.3 is 10.1 Å². The number of ether oxygens (including phenoxy) is 1. The van der Waals surface area contributed by atoms with Crippen LogP contribution in [0, 0.1) is 5.92 Å². The van der Waals surface area contributed by atoms with E-state index in [-0.39, 0.29) is 11.8 Å². The summed E-state index contributed by atoms with van der Waals surface area (Å²) in [6.45, 7) is 7.06. The third kappa shape index (κ3) is 6.08. The molecule has 0 unspecified atom stereocenters. The fourth-order valence-electron chi connectivity index (χ4n) is 1.75. The van der Waals surface area contributed by atoms with Gasteiger partial charge >= 0.3 is 5.97 Å². The lowest BCUT2D eigenvalue weighted by Gasteiger charge is -2.14. The van der Waals surface area contributed by atoms with E-state index in [4.69, 9.17) is 4.74 Å². The maximum Gasteiger partial charge on any atom is 0.306 e. The quantitative estimate of drug-likeness (QED) is 0.620. The molecule has 1 N–H and O–H groups in total. The highest BCUT2D eigenvalue weighted by atomic mass is 16.5. The molecule has 0 aliphatic rings. The number of nitrogens with one attached hydrogen (secondary N) is 1. The first-order valence-corrected chi connectivity index (χ1v) is 7.41. The van der Waals surface area contributed by atoms with E-state index in [1.165, 1.54) is 13.8 Å². The van der Waals surface area contributed by atoms with Crippen molar-refractivity contribution in [1.29, 1.82) is 0 Å². The van der Waals surface area contributed by atoms with E-state index in [9.17, 15) is 14.4 Å². The van der Waals surface area contributed by atoms with Crippen LogP contribution in [0.1, 0.15) is 50.9 Å². The van der Waals surface area contributed by atoms with Gasteiger partial charge in [0.25, 0.3) is 5.91 Å². The minimum Gasteiger partial charge on any atom is -0.453 e. The normalized spacial score (nSPS) is 11.9. The molecule has 1 amide bonds. The van der Waals surface area contributed by atoms with E-state index in [1.807, 2.05) is 13.8 Å². The topological polar surface area (TPSA) is 72.5 Å². The highest BCUT2D eigenvalue weighted by molar-refractivity contribution is 5.97. The first-order chi connectivity index (χ1) is 10.3. The molecule has 0 saturated carbocycles. The molecule has 0 aliphatic carbocycles. The van der Waals surface area contributed by atoms with E-state index in [0.717, 1.165) is 6.42 Å². The van der Waals surface area contributed by atoms with Crippen molar-refractivity contribution in [2.24, 2.45) is 5.92 Å². The summed E-state index contributed by atoms with van der Waals surface area (Å²) in [6, 6.07) is 6.55. The van der Waals surface area contributed by atoms with Crippen LogP contribution in [-0.2, 0) is 14.3 Å². The molecule has 0 aliphatic heterocycles. The van der Waals surface area contributed by atoms with E-state index < -0.39 is 12.0 Å². The van der Waals surface area contributed by atoms with Crippen LogP contribution in [0.5, 0.6) is 0 Å². The lowest BCUT2D eigenvalue weighted by molar-refractivity contribution is -0.153. The molecule has 0 fully saturated rings. The highest BCUT2D eigenvalue weighted by Crippen LogP contribution is 2.11. The second-order valence-corrected chi connectivity index (χ2v) is 5.69. The second kappa shape index (κ2) is 8.32. The first-order valence-electron chi connectivity index (χ1n) is 7.41. The Morgan fingerprint density at radius 3 is 2.18 bits per heavy atom. The third-order valence-electron chi connectivity index (χ3n) is 3.16. The van der Waals surface area contributed by atoms with Crippen molar-refractivity contribution in [3.63, 3.8) is 0 Å². The standard InChI is InChI=1S/C17H23NO4/c1-11(2)5-10-16(20)22-13(4)17(21)18-15-8-6-14(7-9-15)12(3)19/h6-9,11,13H,5,10H2,1-4H3,(H,18,21)/t13-/m1/s1. The minimum atomic E-state index is -0.854. The SMILES string of the molecule is CC(=O)c1ccc(NC(=O)[C@@H](C)OC(=O)CCC(C)C)cc1. The molecule has 5 nitrogen and oxygen atoms in total. The maximum absolute atomic E-state index is 11.9. The van der Waals surface area contributed by atoms with Crippen LogP contribution in [0.4, 0.5) is 5.69 Å². The van der Waals surface area contributed by atoms with Crippen LogP contribution < -0.4 is 5.32 Å². The number of anilines is 1. The minimum absolute atomic E-state index is 0.0367. The average molecular weight is 305 g/mol. The highest BCUT2D eigenvalue weighted by Gasteiger charge is 2.18. The summed E-state index contributed by atoms with van der Waals surface area (Å²) in [5.74, 6) is -0.390. The molecular weight excluding hydrogens is 282 g/mol. The number of rotatable bonds is 7. The molecule has 0 saturated heterocycles. The molecule has 0 radical (unpaired) electrons. The number of benzene rings is 1. The Balaban J connectivity index is 2.50. The van der Waals surface area contributed by atoms with Crippen LogP contribution in [0.25, 0.3) is 0 Å². The van der Waals surface area contributed by atoms with Crippen molar-refractivity contribution in [2.75, 3.05) is 5.32 Å². The Hall–Kier alpha value is -2.17. The second-order valence-electron chi connectivity index (χ2n) is 5.69. The molecule has 1 aromatic carbocycles. The summed E-state index contributed by atoms with van der Waals surface area (Å²) >= 11 is 0. The van der Waals surface area contributed by atoms with Crippen LogP contribution in [-0.4, -0.2) is 23.8 Å². The van der Waals surface area contributed by atoms with Crippen molar-refractivity contribution in [1.82, 2.24) is 0 Å². The molecule has 0 spiro atoms. The van der Waals surface area contributed by atoms with Crippen LogP contribution in [0.2, 0.25) is 0 Å². The molecule has 1 atom stereocenters. The molecule has 1 rings (SSSR count). The van der Waals surface area contributed by atoms with Gasteiger partial charge in [0.2, 0.25) is 0 Å². The van der Waals surface area contributed by atoms with Crippen molar-refractivity contribution in [2.45, 2.75) is 46.6 Å². The number of carbonyl (C=O) groups excluding carboxylic acids is 3. The Morgan fingerprint density at radius 1 is 1.09 bits per heavy atom. The number of hydrogen-bond acceptors (Lipinski definition) is 4. The van der Waals surface area contributed by atoms with Gasteiger partial charge in [-0.3, -0.25) is 14.4 Å². The summed E-state index contributed by atoms with van der Waals surface area (Å²) in [6.07, 6.45) is 0.189. The van der Waals surface area contributed by atoms with Gasteiger partial charge in [-0.2, -0.15) is 0 Å². The van der Waals surface area contributed by atoms with E-state index >= 15 is 0 Å². The largest absolute Gasteiger partial charge is 0.453 e. The van der Waals surface area contributed by atoms with Gasteiger partial charge in [-0.25, -0.2) is 0 Å². The third-order valence-corrected chi connectivity index (χ3v) is 3.16. The smallest absolute Gasteiger partial charge is 0.306 e. The number of Topliss-reactive ketones (excluding diaryl/α,β-unsaturated/α-hetero) is 1. The Labute approximate surface area is 131 Å². The molecule has 22 heavy (non-hydrogen) atoms. The van der Waals surface area contributed by atoms with Gasteiger partial charge in [0, 0.05) is 17.7 Å². The molecule has 120 valence electrons. The zero-order valence-corrected chi connectivity index (χ0v) is 13.5. The zero-order valence-electron chi connectivity index (χ0n) is 13.5. The predicted octanol–water partition coefficient (Wildman–Crippen LogP) is 3.20. The Morgan fingerprint density at radius 2 is 1.68 bits per heavy atom. The molecule has 0 aromatic heterocycles. The summed E-state index contributed by atoms with van der Waals surface area (Å²) in [4.78, 5) is 34.7. The van der Waals surface area contributed by atoms with Gasteiger partial charge in [0.15, 0.2) is 11.9 Å². The number of carbonyl (C=O) groups is 3. The van der Waals surface area contributed by atoms with Crippen molar-refractivity contribution in [3.8, 4) is 0 Å². The molecule has 0 heterocycles. The van der Waals surface area contributed by atoms with Crippen molar-refractivity contribution < 1.29 is 19.1 Å². The monoisotopic (exact) mass is 305 g/mol. The molecular formula is C17H23NO4. The summed E-state index contributed by atoms with van der Waals surface area (Å²) in [7, 11) is 0. The van der Waals surface area contributed by atoms with Crippen LogP contribution >= 0.6 is 0 Å². The number of esters is 1. The fourth-order valence-corrected chi connectivity index (χ4v) is 1.75. The summed E-state index contributed by atoms with van der Waals surface area (Å²) in [5, 5.41) is 2.65. The van der Waals surface area contributed by atoms with Gasteiger partial charge in [-0.1, -0.05) is 13.8 Å². The number of ketones is 1. The fraction of sp³-hybridized carbons (Fsp3) is 0.471. The van der Waals surface area contributed by atoms with Crippen LogP contribution in [0.15, 0.2) is 24.3 Å². The predicted molar refractivity (Wildman–Crippen MR) is 84.7 cm³/mol. The van der Waals surface area contributed by atoms with Gasteiger partial charge in [0.05, 0.1) is 0 Å². The Bertz CT molecular complexity index is 534. The van der Waals surface area contributed by atoms with Gasteiger partial charge in [-0.05, 0) is 50.5 Å². The summed E-state index contributed by atoms with van der Waals surface area (Å²) in [5.41, 5.74) is 1.13. The van der Waals surface area contributed by atoms with Crippen molar-refractivity contribution >= 4 is 23.3 Å². The number of hydrogen-bond donors (Lipinski definition) is 1. The van der Waals surface area contributed by atoms with Crippen LogP contribution in [0.3, 0.4) is 0 Å². The van der Waals surface area contributed by atoms with E-state index in [1.54, 1.807) is 24.3 Å². The lowest BCUT2D eigenvalue weighted by atomic mass is 10.1. The van der Waals surface area contributed by atoms with Gasteiger partial charge in [0.1, 0.15) is 0 Å². The lowest BCUT2D eigenvalue weighted by Crippen LogP contribution is -2.30. The van der Waals surface area contributed by atoms with E-state index in [0.29, 0.717) is 23.6 Å². The molecule has 0 bridgehead atoms. The average Bonchev–Trinajstić information content (AvgIpc) is 2.45. The number of amides is 1. The molecule has 5 heteroatoms.